The van der Waals surface area contributed by atoms with Gasteiger partial charge in [-0.2, -0.15) is 13.2 Å². The average molecular weight is 455 g/mol. The molecule has 2 aliphatic rings. The predicted octanol–water partition coefficient (Wildman–Crippen LogP) is 1.85. The van der Waals surface area contributed by atoms with Gasteiger partial charge in [-0.05, 0) is 43.4 Å². The smallest absolute Gasteiger partial charge is 0.385 e. The summed E-state index contributed by atoms with van der Waals surface area (Å²) in [4.78, 5) is 50.7. The highest BCUT2D eigenvalue weighted by Crippen LogP contribution is 2.25. The Labute approximate surface area is 182 Å². The summed E-state index contributed by atoms with van der Waals surface area (Å²) in [5.41, 5.74) is 0.623. The second-order valence-electron chi connectivity index (χ2n) is 7.81. The number of piperidine rings is 1. The van der Waals surface area contributed by atoms with Crippen molar-refractivity contribution in [3.8, 4) is 0 Å². The number of amides is 4. The first-order valence-electron chi connectivity index (χ1n) is 10.3. The minimum atomic E-state index is -4.88. The van der Waals surface area contributed by atoms with Crippen LogP contribution in [0.15, 0.2) is 18.2 Å². The van der Waals surface area contributed by atoms with Gasteiger partial charge in [0.05, 0.1) is 11.1 Å². The number of nitrogens with one attached hydrogen (secondary N) is 1. The third kappa shape index (κ3) is 5.09. The van der Waals surface area contributed by atoms with E-state index in [1.807, 2.05) is 0 Å². The summed E-state index contributed by atoms with van der Waals surface area (Å²) in [7, 11) is 1.53. The molecular formula is C21H24F3N3O5. The van der Waals surface area contributed by atoms with Crippen LogP contribution in [0.2, 0.25) is 0 Å². The molecule has 1 aromatic carbocycles. The molecule has 0 bridgehead atoms. The van der Waals surface area contributed by atoms with E-state index in [1.165, 1.54) is 25.3 Å². The minimum Gasteiger partial charge on any atom is -0.385 e. The van der Waals surface area contributed by atoms with Gasteiger partial charge in [0.2, 0.25) is 0 Å². The van der Waals surface area contributed by atoms with E-state index in [4.69, 9.17) is 4.74 Å². The van der Waals surface area contributed by atoms with Crippen LogP contribution in [0.3, 0.4) is 0 Å². The van der Waals surface area contributed by atoms with Crippen LogP contribution in [0, 0.1) is 5.92 Å². The minimum absolute atomic E-state index is 0.0206. The van der Waals surface area contributed by atoms with Crippen molar-refractivity contribution in [1.82, 2.24) is 15.1 Å². The van der Waals surface area contributed by atoms with Crippen LogP contribution in [0.25, 0.3) is 0 Å². The molecule has 0 aromatic heterocycles. The Hall–Kier alpha value is -2.95. The molecule has 0 spiro atoms. The van der Waals surface area contributed by atoms with Crippen molar-refractivity contribution in [2.45, 2.75) is 25.4 Å². The number of hydrogen-bond acceptors (Lipinski definition) is 5. The molecule has 11 heteroatoms. The van der Waals surface area contributed by atoms with Crippen LogP contribution in [-0.4, -0.2) is 79.5 Å². The fourth-order valence-electron chi connectivity index (χ4n) is 3.86. The molecule has 0 radical (unpaired) electrons. The molecule has 3 rings (SSSR count). The number of methoxy groups -OCH3 is 1. The van der Waals surface area contributed by atoms with Gasteiger partial charge in [0.1, 0.15) is 0 Å². The first-order valence-corrected chi connectivity index (χ1v) is 10.3. The average Bonchev–Trinajstić information content (AvgIpc) is 3.01. The Balaban J connectivity index is 1.54. The Morgan fingerprint density at radius 3 is 2.41 bits per heavy atom. The highest BCUT2D eigenvalue weighted by molar-refractivity contribution is 6.22. The van der Waals surface area contributed by atoms with Gasteiger partial charge in [-0.25, -0.2) is 0 Å². The highest BCUT2D eigenvalue weighted by atomic mass is 19.4. The lowest BCUT2D eigenvalue weighted by molar-refractivity contribution is -0.186. The molecule has 2 heterocycles. The van der Waals surface area contributed by atoms with Crippen molar-refractivity contribution < 1.29 is 37.1 Å². The maximum absolute atomic E-state index is 12.6. The molecule has 32 heavy (non-hydrogen) atoms. The molecule has 1 aromatic rings. The molecule has 0 aliphatic carbocycles. The number of rotatable bonds is 7. The molecule has 0 saturated carbocycles. The standard InChI is InChI=1S/C21H24F3N3O5/c1-32-10-2-7-27-18(29)15-4-3-14(11-16(15)19(27)30)17(28)25-12-13-5-8-26(9-6-13)20(31)21(22,23)24/h3-4,11,13H,2,5-10,12H2,1H3,(H,25,28). The Bertz CT molecular complexity index is 910. The molecule has 8 nitrogen and oxygen atoms in total. The van der Waals surface area contributed by atoms with E-state index in [1.54, 1.807) is 0 Å². The molecule has 174 valence electrons. The van der Waals surface area contributed by atoms with Crippen molar-refractivity contribution in [3.05, 3.63) is 34.9 Å². The summed E-state index contributed by atoms with van der Waals surface area (Å²) in [5.74, 6) is -3.22. The zero-order chi connectivity index (χ0) is 23.5. The number of carbonyl (C=O) groups is 4. The third-order valence-electron chi connectivity index (χ3n) is 5.66. The zero-order valence-electron chi connectivity index (χ0n) is 17.5. The SMILES string of the molecule is COCCCN1C(=O)c2ccc(C(=O)NCC3CCN(C(=O)C(F)(F)F)CC3)cc2C1=O. The maximum Gasteiger partial charge on any atom is 0.471 e. The number of halogens is 3. The number of nitrogens with zero attached hydrogens (tertiary/aromatic N) is 2. The molecule has 0 atom stereocenters. The predicted molar refractivity (Wildman–Crippen MR) is 106 cm³/mol. The first-order chi connectivity index (χ1) is 15.1. The molecule has 4 amide bonds. The summed E-state index contributed by atoms with van der Waals surface area (Å²) < 4.78 is 42.5. The molecular weight excluding hydrogens is 431 g/mol. The summed E-state index contributed by atoms with van der Waals surface area (Å²) in [6, 6.07) is 4.29. The van der Waals surface area contributed by atoms with Crippen molar-refractivity contribution in [2.75, 3.05) is 39.9 Å². The van der Waals surface area contributed by atoms with Crippen LogP contribution in [0.1, 0.15) is 50.3 Å². The topological polar surface area (TPSA) is 96.0 Å². The molecule has 2 aliphatic heterocycles. The number of alkyl halides is 3. The number of imide groups is 1. The van der Waals surface area contributed by atoms with Gasteiger partial charge < -0.3 is 15.0 Å². The Morgan fingerprint density at radius 2 is 1.78 bits per heavy atom. The Kier molecular flexibility index (Phi) is 7.17. The summed E-state index contributed by atoms with van der Waals surface area (Å²) in [6.07, 6.45) is -3.69. The van der Waals surface area contributed by atoms with Crippen LogP contribution in [0.4, 0.5) is 13.2 Å². The second-order valence-corrected chi connectivity index (χ2v) is 7.81. The molecule has 0 unspecified atom stereocenters. The summed E-state index contributed by atoms with van der Waals surface area (Å²) in [5, 5.41) is 2.72. The monoisotopic (exact) mass is 455 g/mol. The fraction of sp³-hybridized carbons (Fsp3) is 0.524. The number of fused-ring (bicyclic) bond motifs is 1. The van der Waals surface area contributed by atoms with E-state index in [0.29, 0.717) is 25.9 Å². The lowest BCUT2D eigenvalue weighted by atomic mass is 9.96. The number of hydrogen-bond donors (Lipinski definition) is 1. The maximum atomic E-state index is 12.6. The quantitative estimate of drug-likeness (QED) is 0.500. The zero-order valence-corrected chi connectivity index (χ0v) is 17.5. The van der Waals surface area contributed by atoms with E-state index in [2.05, 4.69) is 5.32 Å². The number of ether oxygens (including phenoxy) is 1. The summed E-state index contributed by atoms with van der Waals surface area (Å²) >= 11 is 0. The second kappa shape index (κ2) is 9.68. The lowest BCUT2D eigenvalue weighted by Crippen LogP contribution is -2.46. The largest absolute Gasteiger partial charge is 0.471 e. The first kappa shape index (κ1) is 23.7. The van der Waals surface area contributed by atoms with E-state index in [0.717, 1.165) is 9.80 Å². The van der Waals surface area contributed by atoms with Crippen LogP contribution in [-0.2, 0) is 9.53 Å². The van der Waals surface area contributed by atoms with Gasteiger partial charge in [0.15, 0.2) is 0 Å². The van der Waals surface area contributed by atoms with Crippen molar-refractivity contribution in [1.29, 1.82) is 0 Å². The lowest BCUT2D eigenvalue weighted by Gasteiger charge is -2.32. The Morgan fingerprint density at radius 1 is 1.12 bits per heavy atom. The number of likely N-dealkylation sites (tertiary alicyclic amines) is 1. The summed E-state index contributed by atoms with van der Waals surface area (Å²) in [6.45, 7) is 0.822. The van der Waals surface area contributed by atoms with E-state index in [9.17, 15) is 32.3 Å². The third-order valence-corrected chi connectivity index (χ3v) is 5.66. The van der Waals surface area contributed by atoms with Crippen molar-refractivity contribution in [3.63, 3.8) is 0 Å². The van der Waals surface area contributed by atoms with Crippen LogP contribution < -0.4 is 5.32 Å². The number of benzene rings is 1. The van der Waals surface area contributed by atoms with Gasteiger partial charge in [-0.15, -0.1) is 0 Å². The normalized spacial score (nSPS) is 17.0. The highest BCUT2D eigenvalue weighted by Gasteiger charge is 2.43. The molecule has 1 N–H and O–H groups in total. The van der Waals surface area contributed by atoms with Crippen LogP contribution >= 0.6 is 0 Å². The van der Waals surface area contributed by atoms with Gasteiger partial charge in [0, 0.05) is 45.5 Å². The van der Waals surface area contributed by atoms with Gasteiger partial charge >= 0.3 is 12.1 Å². The van der Waals surface area contributed by atoms with E-state index in [-0.39, 0.29) is 48.8 Å². The van der Waals surface area contributed by atoms with Gasteiger partial charge in [-0.3, -0.25) is 24.1 Å². The van der Waals surface area contributed by atoms with Crippen molar-refractivity contribution >= 4 is 23.6 Å². The van der Waals surface area contributed by atoms with Crippen molar-refractivity contribution in [2.24, 2.45) is 5.92 Å². The van der Waals surface area contributed by atoms with E-state index >= 15 is 0 Å². The number of carbonyl (C=O) groups excluding carboxylic acids is 4. The van der Waals surface area contributed by atoms with Gasteiger partial charge in [0.25, 0.3) is 17.7 Å². The van der Waals surface area contributed by atoms with Crippen LogP contribution in [0.5, 0.6) is 0 Å². The molecule has 1 saturated heterocycles. The van der Waals surface area contributed by atoms with Gasteiger partial charge in [-0.1, -0.05) is 0 Å². The fourth-order valence-corrected chi connectivity index (χ4v) is 3.86. The molecule has 1 fully saturated rings. The van der Waals surface area contributed by atoms with E-state index < -0.39 is 29.8 Å².